The number of carbonyl (C=O) groups excluding carboxylic acids is 1. The van der Waals surface area contributed by atoms with Crippen molar-refractivity contribution >= 4 is 11.7 Å². The van der Waals surface area contributed by atoms with E-state index < -0.39 is 0 Å². The van der Waals surface area contributed by atoms with Gasteiger partial charge in [-0.2, -0.15) is 0 Å². The smallest absolute Gasteiger partial charge is 0.322 e. The van der Waals surface area contributed by atoms with Crippen LogP contribution in [0.1, 0.15) is 24.4 Å². The summed E-state index contributed by atoms with van der Waals surface area (Å²) < 4.78 is 5.29. The van der Waals surface area contributed by atoms with Crippen LogP contribution < -0.4 is 10.1 Å². The van der Waals surface area contributed by atoms with E-state index in [0.717, 1.165) is 36.4 Å². The lowest BCUT2D eigenvalue weighted by Gasteiger charge is -2.25. The number of ether oxygens (including phenoxy) is 1. The molecule has 114 valence electrons. The Morgan fingerprint density at radius 2 is 2.00 bits per heavy atom. The molecule has 3 rings (SSSR count). The van der Waals surface area contributed by atoms with Crippen molar-refractivity contribution in [2.75, 3.05) is 19.0 Å². The molecule has 2 amide bonds. The Labute approximate surface area is 130 Å². The molecule has 1 aliphatic rings. The zero-order chi connectivity index (χ0) is 15.4. The van der Waals surface area contributed by atoms with Gasteiger partial charge in [0.15, 0.2) is 0 Å². The summed E-state index contributed by atoms with van der Waals surface area (Å²) in [6.45, 7) is 0.778. The summed E-state index contributed by atoms with van der Waals surface area (Å²) in [6.07, 6.45) is 2.00. The highest BCUT2D eigenvalue weighted by atomic mass is 16.5. The van der Waals surface area contributed by atoms with Crippen LogP contribution in [0.4, 0.5) is 10.5 Å². The number of carbonyl (C=O) groups is 1. The maximum Gasteiger partial charge on any atom is 0.322 e. The van der Waals surface area contributed by atoms with E-state index in [4.69, 9.17) is 4.74 Å². The summed E-state index contributed by atoms with van der Waals surface area (Å²) >= 11 is 0. The number of benzene rings is 2. The Morgan fingerprint density at radius 3 is 2.77 bits per heavy atom. The van der Waals surface area contributed by atoms with Crippen molar-refractivity contribution in [2.24, 2.45) is 0 Å². The van der Waals surface area contributed by atoms with Crippen molar-refractivity contribution in [1.29, 1.82) is 0 Å². The highest BCUT2D eigenvalue weighted by Crippen LogP contribution is 2.33. The Morgan fingerprint density at radius 1 is 1.18 bits per heavy atom. The molecule has 0 radical (unpaired) electrons. The molecule has 4 heteroatoms. The number of anilines is 1. The third kappa shape index (κ3) is 3.06. The highest BCUT2D eigenvalue weighted by molar-refractivity contribution is 5.89. The predicted molar refractivity (Wildman–Crippen MR) is 87.1 cm³/mol. The van der Waals surface area contributed by atoms with Crippen LogP contribution in [0.25, 0.3) is 0 Å². The molecule has 0 saturated carbocycles. The third-order valence-corrected chi connectivity index (χ3v) is 4.02. The SMILES string of the molecule is COc1cccc(C2CCCN2C(=O)Nc2ccccc2)c1. The van der Waals surface area contributed by atoms with E-state index >= 15 is 0 Å². The zero-order valence-corrected chi connectivity index (χ0v) is 12.7. The Kier molecular flexibility index (Phi) is 4.28. The van der Waals surface area contributed by atoms with Crippen LogP contribution in [0, 0.1) is 0 Å². The summed E-state index contributed by atoms with van der Waals surface area (Å²) in [5.41, 5.74) is 1.95. The lowest BCUT2D eigenvalue weighted by atomic mass is 10.0. The molecule has 1 heterocycles. The third-order valence-electron chi connectivity index (χ3n) is 4.02. The molecule has 0 spiro atoms. The number of hydrogen-bond donors (Lipinski definition) is 1. The summed E-state index contributed by atoms with van der Waals surface area (Å²) in [4.78, 5) is 14.4. The number of nitrogens with one attached hydrogen (secondary N) is 1. The first-order chi connectivity index (χ1) is 10.8. The monoisotopic (exact) mass is 296 g/mol. The molecular weight excluding hydrogens is 276 g/mol. The van der Waals surface area contributed by atoms with Gasteiger partial charge in [-0.1, -0.05) is 30.3 Å². The molecule has 0 aliphatic carbocycles. The Balaban J connectivity index is 1.76. The molecule has 1 N–H and O–H groups in total. The van der Waals surface area contributed by atoms with Crippen molar-refractivity contribution in [3.63, 3.8) is 0 Å². The standard InChI is InChI=1S/C18H20N2O2/c1-22-16-10-5-7-14(13-16)17-11-6-12-20(17)18(21)19-15-8-3-2-4-9-15/h2-5,7-10,13,17H,6,11-12H2,1H3,(H,19,21). The van der Waals surface area contributed by atoms with E-state index in [-0.39, 0.29) is 12.1 Å². The first-order valence-electron chi connectivity index (χ1n) is 7.54. The van der Waals surface area contributed by atoms with Crippen LogP contribution in [0.3, 0.4) is 0 Å². The van der Waals surface area contributed by atoms with E-state index in [9.17, 15) is 4.79 Å². The van der Waals surface area contributed by atoms with Crippen molar-refractivity contribution < 1.29 is 9.53 Å². The number of para-hydroxylation sites is 1. The number of urea groups is 1. The van der Waals surface area contributed by atoms with E-state index in [2.05, 4.69) is 11.4 Å². The van der Waals surface area contributed by atoms with Crippen LogP contribution in [0.2, 0.25) is 0 Å². The average Bonchev–Trinajstić information content (AvgIpc) is 3.05. The topological polar surface area (TPSA) is 41.6 Å². The number of amides is 2. The molecule has 0 bridgehead atoms. The molecule has 2 aromatic rings. The fourth-order valence-corrected chi connectivity index (χ4v) is 2.92. The predicted octanol–water partition coefficient (Wildman–Crippen LogP) is 4.06. The molecular formula is C18H20N2O2. The molecule has 1 aliphatic heterocycles. The largest absolute Gasteiger partial charge is 0.497 e. The van der Waals surface area contributed by atoms with E-state index in [1.165, 1.54) is 0 Å². The van der Waals surface area contributed by atoms with Gasteiger partial charge in [-0.15, -0.1) is 0 Å². The van der Waals surface area contributed by atoms with Crippen LogP contribution in [0.5, 0.6) is 5.75 Å². The first kappa shape index (κ1) is 14.4. The van der Waals surface area contributed by atoms with Gasteiger partial charge in [-0.25, -0.2) is 4.79 Å². The van der Waals surface area contributed by atoms with Crippen molar-refractivity contribution in [3.05, 3.63) is 60.2 Å². The second-order valence-corrected chi connectivity index (χ2v) is 5.42. The van der Waals surface area contributed by atoms with E-state index in [0.29, 0.717) is 0 Å². The molecule has 1 saturated heterocycles. The lowest BCUT2D eigenvalue weighted by Crippen LogP contribution is -2.34. The molecule has 4 nitrogen and oxygen atoms in total. The first-order valence-corrected chi connectivity index (χ1v) is 7.54. The maximum atomic E-state index is 12.5. The fraction of sp³-hybridized carbons (Fsp3) is 0.278. The van der Waals surface area contributed by atoms with E-state index in [1.807, 2.05) is 53.4 Å². The molecule has 2 aromatic carbocycles. The van der Waals surface area contributed by atoms with Crippen LogP contribution in [0.15, 0.2) is 54.6 Å². The van der Waals surface area contributed by atoms with Crippen LogP contribution in [-0.4, -0.2) is 24.6 Å². The van der Waals surface area contributed by atoms with Gasteiger partial charge in [0.05, 0.1) is 13.2 Å². The fourth-order valence-electron chi connectivity index (χ4n) is 2.92. The summed E-state index contributed by atoms with van der Waals surface area (Å²) in [5.74, 6) is 0.827. The Hall–Kier alpha value is -2.49. The summed E-state index contributed by atoms with van der Waals surface area (Å²) in [5, 5.41) is 2.97. The zero-order valence-electron chi connectivity index (χ0n) is 12.7. The van der Waals surface area contributed by atoms with Gasteiger partial charge < -0.3 is 15.0 Å². The lowest BCUT2D eigenvalue weighted by molar-refractivity contribution is 0.207. The van der Waals surface area contributed by atoms with Gasteiger partial charge in [-0.3, -0.25) is 0 Å². The molecule has 1 unspecified atom stereocenters. The van der Waals surface area contributed by atoms with Gasteiger partial charge in [0.2, 0.25) is 0 Å². The molecule has 0 aromatic heterocycles. The van der Waals surface area contributed by atoms with Crippen LogP contribution in [-0.2, 0) is 0 Å². The number of rotatable bonds is 3. The average molecular weight is 296 g/mol. The minimum atomic E-state index is -0.0449. The minimum absolute atomic E-state index is 0.0449. The van der Waals surface area contributed by atoms with Gasteiger partial charge in [-0.05, 0) is 42.7 Å². The molecule has 1 fully saturated rings. The number of methoxy groups -OCH3 is 1. The number of likely N-dealkylation sites (tertiary alicyclic amines) is 1. The summed E-state index contributed by atoms with van der Waals surface area (Å²) in [6, 6.07) is 17.6. The summed E-state index contributed by atoms with van der Waals surface area (Å²) in [7, 11) is 1.66. The molecule has 1 atom stereocenters. The minimum Gasteiger partial charge on any atom is -0.497 e. The van der Waals surface area contributed by atoms with Crippen molar-refractivity contribution in [1.82, 2.24) is 4.90 Å². The maximum absolute atomic E-state index is 12.5. The van der Waals surface area contributed by atoms with E-state index in [1.54, 1.807) is 7.11 Å². The second kappa shape index (κ2) is 6.52. The Bertz CT molecular complexity index is 643. The van der Waals surface area contributed by atoms with Gasteiger partial charge in [0.1, 0.15) is 5.75 Å². The van der Waals surface area contributed by atoms with Gasteiger partial charge in [0, 0.05) is 12.2 Å². The normalized spacial score (nSPS) is 17.3. The molecule has 22 heavy (non-hydrogen) atoms. The number of nitrogens with zero attached hydrogens (tertiary/aromatic N) is 1. The van der Waals surface area contributed by atoms with Gasteiger partial charge >= 0.3 is 6.03 Å². The van der Waals surface area contributed by atoms with Gasteiger partial charge in [0.25, 0.3) is 0 Å². The highest BCUT2D eigenvalue weighted by Gasteiger charge is 2.30. The quantitative estimate of drug-likeness (QED) is 0.928. The van der Waals surface area contributed by atoms with Crippen LogP contribution >= 0.6 is 0 Å². The second-order valence-electron chi connectivity index (χ2n) is 5.42. The van der Waals surface area contributed by atoms with Crippen molar-refractivity contribution in [3.8, 4) is 5.75 Å². The number of hydrogen-bond acceptors (Lipinski definition) is 2. The van der Waals surface area contributed by atoms with Crippen molar-refractivity contribution in [2.45, 2.75) is 18.9 Å².